The van der Waals surface area contributed by atoms with Crippen molar-refractivity contribution in [1.29, 1.82) is 5.26 Å². The van der Waals surface area contributed by atoms with E-state index in [0.717, 1.165) is 0 Å². The Labute approximate surface area is 113 Å². The van der Waals surface area contributed by atoms with Gasteiger partial charge in [-0.2, -0.15) is 5.26 Å². The number of anilines is 2. The standard InChI is InChI=1S/C12H7ClN4O2/c13-11-5-10(17(18)19)6-12(16-11)15-9-3-1-8(7-14)2-4-9/h1-6H,(H,15,16). The first-order chi connectivity index (χ1) is 9.08. The second-order valence-electron chi connectivity index (χ2n) is 3.60. The van der Waals surface area contributed by atoms with E-state index in [-0.39, 0.29) is 16.7 Å². The SMILES string of the molecule is N#Cc1ccc(Nc2cc([N+](=O)[O-])cc(Cl)n2)cc1. The highest BCUT2D eigenvalue weighted by atomic mass is 35.5. The highest BCUT2D eigenvalue weighted by Crippen LogP contribution is 2.23. The van der Waals surface area contributed by atoms with Gasteiger partial charge >= 0.3 is 0 Å². The number of hydrogen-bond acceptors (Lipinski definition) is 5. The molecular weight excluding hydrogens is 268 g/mol. The van der Waals surface area contributed by atoms with Crippen LogP contribution in [-0.4, -0.2) is 9.91 Å². The van der Waals surface area contributed by atoms with Crippen LogP contribution in [-0.2, 0) is 0 Å². The second-order valence-corrected chi connectivity index (χ2v) is 3.99. The van der Waals surface area contributed by atoms with Crippen LogP contribution >= 0.6 is 11.6 Å². The number of aromatic nitrogens is 1. The van der Waals surface area contributed by atoms with Gasteiger partial charge in [0.2, 0.25) is 0 Å². The van der Waals surface area contributed by atoms with Gasteiger partial charge in [0.05, 0.1) is 28.7 Å². The summed E-state index contributed by atoms with van der Waals surface area (Å²) in [6, 6.07) is 11.1. The number of halogens is 1. The number of benzene rings is 1. The Kier molecular flexibility index (Phi) is 3.59. The zero-order valence-electron chi connectivity index (χ0n) is 9.50. The van der Waals surface area contributed by atoms with Gasteiger partial charge in [0.15, 0.2) is 0 Å². The van der Waals surface area contributed by atoms with Crippen molar-refractivity contribution in [2.24, 2.45) is 0 Å². The van der Waals surface area contributed by atoms with Crippen molar-refractivity contribution < 1.29 is 4.92 Å². The molecule has 0 saturated heterocycles. The summed E-state index contributed by atoms with van der Waals surface area (Å²) in [5.41, 5.74) is 1.04. The number of hydrogen-bond donors (Lipinski definition) is 1. The first kappa shape index (κ1) is 12.8. The lowest BCUT2D eigenvalue weighted by molar-refractivity contribution is -0.384. The fourth-order valence-corrected chi connectivity index (χ4v) is 1.63. The summed E-state index contributed by atoms with van der Waals surface area (Å²) < 4.78 is 0. The molecule has 0 atom stereocenters. The van der Waals surface area contributed by atoms with Gasteiger partial charge in [-0.15, -0.1) is 0 Å². The second kappa shape index (κ2) is 5.33. The van der Waals surface area contributed by atoms with Crippen molar-refractivity contribution >= 4 is 28.8 Å². The van der Waals surface area contributed by atoms with Gasteiger partial charge in [0.1, 0.15) is 11.0 Å². The predicted octanol–water partition coefficient (Wildman–Crippen LogP) is 3.26. The van der Waals surface area contributed by atoms with Crippen molar-refractivity contribution in [3.8, 4) is 6.07 Å². The molecule has 2 aromatic rings. The Balaban J connectivity index is 2.27. The topological polar surface area (TPSA) is 91.8 Å². The number of pyridine rings is 1. The van der Waals surface area contributed by atoms with Gasteiger partial charge in [-0.25, -0.2) is 4.98 Å². The van der Waals surface area contributed by atoms with Crippen molar-refractivity contribution in [2.45, 2.75) is 0 Å². The fourth-order valence-electron chi connectivity index (χ4n) is 1.43. The van der Waals surface area contributed by atoms with Crippen LogP contribution in [0, 0.1) is 21.4 Å². The Bertz CT molecular complexity index is 664. The number of nitro groups is 1. The zero-order chi connectivity index (χ0) is 13.8. The minimum atomic E-state index is -0.544. The summed E-state index contributed by atoms with van der Waals surface area (Å²) in [5.74, 6) is 0.268. The Morgan fingerprint density at radius 2 is 2.00 bits per heavy atom. The zero-order valence-corrected chi connectivity index (χ0v) is 10.3. The number of rotatable bonds is 3. The van der Waals surface area contributed by atoms with Crippen LogP contribution < -0.4 is 5.32 Å². The van der Waals surface area contributed by atoms with Gasteiger partial charge in [0.25, 0.3) is 5.69 Å². The smallest absolute Gasteiger partial charge is 0.276 e. The maximum Gasteiger partial charge on any atom is 0.276 e. The highest BCUT2D eigenvalue weighted by molar-refractivity contribution is 6.29. The first-order valence-corrected chi connectivity index (χ1v) is 5.55. The average Bonchev–Trinajstić information content (AvgIpc) is 2.39. The molecule has 0 fully saturated rings. The van der Waals surface area contributed by atoms with Crippen LogP contribution in [0.4, 0.5) is 17.2 Å². The molecule has 1 N–H and O–H groups in total. The largest absolute Gasteiger partial charge is 0.340 e. The predicted molar refractivity (Wildman–Crippen MR) is 70.3 cm³/mol. The summed E-state index contributed by atoms with van der Waals surface area (Å²) in [4.78, 5) is 14.1. The van der Waals surface area contributed by atoms with Gasteiger partial charge < -0.3 is 5.32 Å². The molecule has 1 aromatic carbocycles. The van der Waals surface area contributed by atoms with E-state index in [0.29, 0.717) is 11.3 Å². The van der Waals surface area contributed by atoms with Crippen LogP contribution in [0.3, 0.4) is 0 Å². The summed E-state index contributed by atoms with van der Waals surface area (Å²) in [6.07, 6.45) is 0. The molecule has 0 aliphatic heterocycles. The summed E-state index contributed by atoms with van der Waals surface area (Å²) >= 11 is 5.71. The van der Waals surface area contributed by atoms with Crippen LogP contribution in [0.1, 0.15) is 5.56 Å². The molecule has 1 heterocycles. The van der Waals surface area contributed by atoms with Crippen molar-refractivity contribution in [1.82, 2.24) is 4.98 Å². The van der Waals surface area contributed by atoms with Gasteiger partial charge in [0, 0.05) is 5.69 Å². The van der Waals surface area contributed by atoms with E-state index >= 15 is 0 Å². The van der Waals surface area contributed by atoms with Crippen LogP contribution in [0.15, 0.2) is 36.4 Å². The lowest BCUT2D eigenvalue weighted by Gasteiger charge is -2.05. The molecule has 6 nitrogen and oxygen atoms in total. The average molecular weight is 275 g/mol. The summed E-state index contributed by atoms with van der Waals surface area (Å²) in [5, 5.41) is 22.3. The molecule has 0 saturated carbocycles. The summed E-state index contributed by atoms with van der Waals surface area (Å²) in [7, 11) is 0. The molecule has 0 amide bonds. The minimum absolute atomic E-state index is 0.0327. The van der Waals surface area contributed by atoms with Crippen molar-refractivity contribution in [3.63, 3.8) is 0 Å². The van der Waals surface area contributed by atoms with Crippen LogP contribution in [0.2, 0.25) is 5.15 Å². The Morgan fingerprint density at radius 1 is 1.32 bits per heavy atom. The molecule has 0 unspecified atom stereocenters. The van der Waals surface area contributed by atoms with Gasteiger partial charge in [-0.05, 0) is 24.3 Å². The number of nitriles is 1. The molecule has 94 valence electrons. The third-order valence-corrected chi connectivity index (χ3v) is 2.47. The summed E-state index contributed by atoms with van der Waals surface area (Å²) in [6.45, 7) is 0. The monoisotopic (exact) mass is 274 g/mol. The van der Waals surface area contributed by atoms with E-state index in [1.54, 1.807) is 24.3 Å². The number of nitrogens with one attached hydrogen (secondary N) is 1. The third-order valence-electron chi connectivity index (χ3n) is 2.28. The van der Waals surface area contributed by atoms with Crippen molar-refractivity contribution in [3.05, 3.63) is 57.2 Å². The molecular formula is C12H7ClN4O2. The molecule has 0 radical (unpaired) electrons. The molecule has 0 spiro atoms. The molecule has 19 heavy (non-hydrogen) atoms. The lowest BCUT2D eigenvalue weighted by Crippen LogP contribution is -1.96. The van der Waals surface area contributed by atoms with E-state index in [2.05, 4.69) is 10.3 Å². The van der Waals surface area contributed by atoms with Gasteiger partial charge in [-0.1, -0.05) is 11.6 Å². The minimum Gasteiger partial charge on any atom is -0.340 e. The van der Waals surface area contributed by atoms with E-state index in [9.17, 15) is 10.1 Å². The van der Waals surface area contributed by atoms with Crippen LogP contribution in [0.25, 0.3) is 0 Å². The first-order valence-electron chi connectivity index (χ1n) is 5.17. The maximum atomic E-state index is 10.7. The molecule has 1 aromatic heterocycles. The number of nitrogens with zero attached hydrogens (tertiary/aromatic N) is 3. The molecule has 0 bridgehead atoms. The normalized spacial score (nSPS) is 9.68. The molecule has 7 heteroatoms. The molecule has 0 aliphatic carbocycles. The van der Waals surface area contributed by atoms with Crippen molar-refractivity contribution in [2.75, 3.05) is 5.32 Å². The molecule has 2 rings (SSSR count). The van der Waals surface area contributed by atoms with E-state index in [4.69, 9.17) is 16.9 Å². The van der Waals surface area contributed by atoms with Crippen LogP contribution in [0.5, 0.6) is 0 Å². The van der Waals surface area contributed by atoms with Gasteiger partial charge in [-0.3, -0.25) is 10.1 Å². The fraction of sp³-hybridized carbons (Fsp3) is 0. The maximum absolute atomic E-state index is 10.7. The third kappa shape index (κ3) is 3.18. The quantitative estimate of drug-likeness (QED) is 0.527. The van der Waals surface area contributed by atoms with E-state index in [1.165, 1.54) is 12.1 Å². The lowest BCUT2D eigenvalue weighted by atomic mass is 10.2. The Hall–Kier alpha value is -2.65. The van der Waals surface area contributed by atoms with E-state index < -0.39 is 4.92 Å². The van der Waals surface area contributed by atoms with E-state index in [1.807, 2.05) is 6.07 Å². The Morgan fingerprint density at radius 3 is 2.58 bits per heavy atom. The highest BCUT2D eigenvalue weighted by Gasteiger charge is 2.10. The molecule has 0 aliphatic rings.